The summed E-state index contributed by atoms with van der Waals surface area (Å²) in [6.45, 7) is 4.22. The maximum Gasteiger partial charge on any atom is 0.319 e. The lowest BCUT2D eigenvalue weighted by Gasteiger charge is -2.08. The van der Waals surface area contributed by atoms with Crippen LogP contribution < -0.4 is 0 Å². The van der Waals surface area contributed by atoms with E-state index in [1.807, 2.05) is 37.3 Å². The minimum atomic E-state index is -0.312. The Morgan fingerprint density at radius 2 is 2.15 bits per heavy atom. The van der Waals surface area contributed by atoms with Crippen LogP contribution >= 0.6 is 11.8 Å². The summed E-state index contributed by atoms with van der Waals surface area (Å²) in [5.74, 6) is -0.229. The predicted molar refractivity (Wildman–Crippen MR) is 77.9 cm³/mol. The van der Waals surface area contributed by atoms with Crippen molar-refractivity contribution in [2.45, 2.75) is 30.7 Å². The van der Waals surface area contributed by atoms with Gasteiger partial charge in [-0.2, -0.15) is 0 Å². The van der Waals surface area contributed by atoms with Crippen LogP contribution in [0.5, 0.6) is 0 Å². The van der Waals surface area contributed by atoms with E-state index in [4.69, 9.17) is 4.74 Å². The number of benzene rings is 1. The fourth-order valence-electron chi connectivity index (χ4n) is 1.53. The van der Waals surface area contributed by atoms with Crippen LogP contribution in [-0.4, -0.2) is 32.6 Å². The zero-order valence-corrected chi connectivity index (χ0v) is 12.3. The first-order valence-electron chi connectivity index (χ1n) is 6.51. The van der Waals surface area contributed by atoms with E-state index in [1.54, 1.807) is 17.9 Å². The topological polar surface area (TPSA) is 57.0 Å². The molecule has 20 heavy (non-hydrogen) atoms. The molecule has 0 aliphatic heterocycles. The van der Waals surface area contributed by atoms with Crippen molar-refractivity contribution in [2.75, 3.05) is 6.61 Å². The van der Waals surface area contributed by atoms with Gasteiger partial charge in [0, 0.05) is 0 Å². The summed E-state index contributed by atoms with van der Waals surface area (Å²) in [7, 11) is 0. The predicted octanol–water partition coefficient (Wildman–Crippen LogP) is 2.70. The molecule has 0 aliphatic rings. The van der Waals surface area contributed by atoms with Crippen molar-refractivity contribution < 1.29 is 9.53 Å². The minimum absolute atomic E-state index is 0.229. The van der Waals surface area contributed by atoms with Crippen molar-refractivity contribution in [3.63, 3.8) is 0 Å². The zero-order chi connectivity index (χ0) is 14.4. The third-order valence-corrected chi connectivity index (χ3v) is 3.50. The SMILES string of the molecule is CCCOC(=O)[C@H](C)Sc1ncn(-c2ccccc2)n1. The number of rotatable bonds is 6. The highest BCUT2D eigenvalue weighted by Gasteiger charge is 2.18. The molecule has 1 atom stereocenters. The van der Waals surface area contributed by atoms with Crippen LogP contribution in [0.15, 0.2) is 41.8 Å². The van der Waals surface area contributed by atoms with Crippen molar-refractivity contribution in [3.8, 4) is 5.69 Å². The van der Waals surface area contributed by atoms with E-state index in [-0.39, 0.29) is 11.2 Å². The Morgan fingerprint density at radius 1 is 1.40 bits per heavy atom. The number of ether oxygens (including phenoxy) is 1. The lowest BCUT2D eigenvalue weighted by Crippen LogP contribution is -2.17. The molecule has 2 rings (SSSR count). The van der Waals surface area contributed by atoms with E-state index in [2.05, 4.69) is 10.1 Å². The third kappa shape index (κ3) is 3.84. The Hall–Kier alpha value is -1.82. The number of nitrogens with zero attached hydrogens (tertiary/aromatic N) is 3. The maximum atomic E-state index is 11.7. The van der Waals surface area contributed by atoms with E-state index in [0.29, 0.717) is 11.8 Å². The van der Waals surface area contributed by atoms with Gasteiger partial charge in [0.2, 0.25) is 5.16 Å². The molecule has 0 N–H and O–H groups in total. The highest BCUT2D eigenvalue weighted by atomic mass is 32.2. The molecule has 0 unspecified atom stereocenters. The van der Waals surface area contributed by atoms with Crippen LogP contribution in [0.2, 0.25) is 0 Å². The first kappa shape index (κ1) is 14.6. The average molecular weight is 291 g/mol. The zero-order valence-electron chi connectivity index (χ0n) is 11.5. The highest BCUT2D eigenvalue weighted by molar-refractivity contribution is 8.00. The Labute approximate surface area is 122 Å². The molecule has 0 bridgehead atoms. The Bertz CT molecular complexity index is 557. The van der Waals surface area contributed by atoms with E-state index >= 15 is 0 Å². The van der Waals surface area contributed by atoms with Gasteiger partial charge in [-0.15, -0.1) is 5.10 Å². The molecule has 1 aromatic heterocycles. The van der Waals surface area contributed by atoms with E-state index in [0.717, 1.165) is 12.1 Å². The van der Waals surface area contributed by atoms with Gasteiger partial charge >= 0.3 is 5.97 Å². The van der Waals surface area contributed by atoms with E-state index in [9.17, 15) is 4.79 Å². The van der Waals surface area contributed by atoms with Crippen molar-refractivity contribution >= 4 is 17.7 Å². The highest BCUT2D eigenvalue weighted by Crippen LogP contribution is 2.20. The van der Waals surface area contributed by atoms with Gasteiger partial charge in [-0.1, -0.05) is 36.9 Å². The minimum Gasteiger partial charge on any atom is -0.465 e. The van der Waals surface area contributed by atoms with Gasteiger partial charge in [0.25, 0.3) is 0 Å². The quantitative estimate of drug-likeness (QED) is 0.605. The second-order valence-electron chi connectivity index (χ2n) is 4.23. The Kier molecular flexibility index (Phi) is 5.17. The summed E-state index contributed by atoms with van der Waals surface area (Å²) in [5.41, 5.74) is 0.938. The van der Waals surface area contributed by atoms with Crippen molar-refractivity contribution in [2.24, 2.45) is 0 Å². The summed E-state index contributed by atoms with van der Waals surface area (Å²) >= 11 is 1.30. The van der Waals surface area contributed by atoms with Crippen LogP contribution in [0.3, 0.4) is 0 Å². The fourth-order valence-corrected chi connectivity index (χ4v) is 2.26. The van der Waals surface area contributed by atoms with Gasteiger partial charge in [-0.05, 0) is 25.5 Å². The summed E-state index contributed by atoms with van der Waals surface area (Å²) in [6, 6.07) is 9.72. The molecule has 5 nitrogen and oxygen atoms in total. The van der Waals surface area contributed by atoms with Crippen LogP contribution in [0.1, 0.15) is 20.3 Å². The summed E-state index contributed by atoms with van der Waals surface area (Å²) in [4.78, 5) is 15.9. The van der Waals surface area contributed by atoms with Crippen LogP contribution in [-0.2, 0) is 9.53 Å². The van der Waals surface area contributed by atoms with Crippen LogP contribution in [0, 0.1) is 0 Å². The molecule has 0 aliphatic carbocycles. The normalized spacial score (nSPS) is 12.1. The van der Waals surface area contributed by atoms with Crippen molar-refractivity contribution in [1.29, 1.82) is 0 Å². The number of carbonyl (C=O) groups excluding carboxylic acids is 1. The average Bonchev–Trinajstić information content (AvgIpc) is 2.94. The van der Waals surface area contributed by atoms with Gasteiger partial charge in [0.15, 0.2) is 0 Å². The largest absolute Gasteiger partial charge is 0.465 e. The van der Waals surface area contributed by atoms with Gasteiger partial charge < -0.3 is 4.74 Å². The van der Waals surface area contributed by atoms with Crippen molar-refractivity contribution in [1.82, 2.24) is 14.8 Å². The van der Waals surface area contributed by atoms with Gasteiger partial charge in [0.1, 0.15) is 11.6 Å². The number of para-hydroxylation sites is 1. The molecular formula is C14H17N3O2S. The van der Waals surface area contributed by atoms with Crippen LogP contribution in [0.25, 0.3) is 5.69 Å². The van der Waals surface area contributed by atoms with Gasteiger partial charge in [0.05, 0.1) is 12.3 Å². The molecule has 6 heteroatoms. The molecular weight excluding hydrogens is 274 g/mol. The number of hydrogen-bond acceptors (Lipinski definition) is 5. The monoisotopic (exact) mass is 291 g/mol. The van der Waals surface area contributed by atoms with Gasteiger partial charge in [-0.25, -0.2) is 9.67 Å². The number of hydrogen-bond donors (Lipinski definition) is 0. The Morgan fingerprint density at radius 3 is 2.85 bits per heavy atom. The number of thioether (sulfide) groups is 1. The summed E-state index contributed by atoms with van der Waals surface area (Å²) < 4.78 is 6.78. The van der Waals surface area contributed by atoms with Crippen LogP contribution in [0.4, 0.5) is 0 Å². The van der Waals surface area contributed by atoms with E-state index in [1.165, 1.54) is 11.8 Å². The smallest absolute Gasteiger partial charge is 0.319 e. The number of esters is 1. The number of carbonyl (C=O) groups is 1. The number of aromatic nitrogens is 3. The maximum absolute atomic E-state index is 11.7. The standard InChI is InChI=1S/C14H17N3O2S/c1-3-9-19-13(18)11(2)20-14-15-10-17(16-14)12-7-5-4-6-8-12/h4-8,10-11H,3,9H2,1-2H3/t11-/m0/s1. The molecule has 0 saturated carbocycles. The van der Waals surface area contributed by atoms with Crippen molar-refractivity contribution in [3.05, 3.63) is 36.7 Å². The van der Waals surface area contributed by atoms with Gasteiger partial charge in [-0.3, -0.25) is 4.79 Å². The Balaban J connectivity index is 1.98. The lowest BCUT2D eigenvalue weighted by atomic mass is 10.3. The third-order valence-electron chi connectivity index (χ3n) is 2.55. The fraction of sp³-hybridized carbons (Fsp3) is 0.357. The molecule has 0 fully saturated rings. The molecule has 1 heterocycles. The summed E-state index contributed by atoms with van der Waals surface area (Å²) in [6.07, 6.45) is 2.46. The first-order chi connectivity index (χ1) is 9.70. The molecule has 0 spiro atoms. The van der Waals surface area contributed by atoms with E-state index < -0.39 is 0 Å². The summed E-state index contributed by atoms with van der Waals surface area (Å²) in [5, 5.41) is 4.60. The lowest BCUT2D eigenvalue weighted by molar-refractivity contribution is -0.142. The molecule has 0 radical (unpaired) electrons. The first-order valence-corrected chi connectivity index (χ1v) is 7.39. The molecule has 106 valence electrons. The second kappa shape index (κ2) is 7.09. The molecule has 1 aromatic carbocycles. The molecule has 0 saturated heterocycles. The second-order valence-corrected chi connectivity index (χ2v) is 5.54. The molecule has 2 aromatic rings. The molecule has 0 amide bonds.